The van der Waals surface area contributed by atoms with Crippen LogP contribution in [-0.2, 0) is 0 Å². The average molecular weight is 406 g/mol. The molecule has 0 atom stereocenters. The Morgan fingerprint density at radius 3 is 2.24 bits per heavy atom. The van der Waals surface area contributed by atoms with Crippen molar-refractivity contribution in [2.45, 2.75) is 0 Å². The summed E-state index contributed by atoms with van der Waals surface area (Å²) in [6.45, 7) is 2.08. The number of hydrogen-bond donors (Lipinski definition) is 2. The van der Waals surface area contributed by atoms with Gasteiger partial charge in [0.05, 0.1) is 13.7 Å². The van der Waals surface area contributed by atoms with Crippen LogP contribution in [-0.4, -0.2) is 97.6 Å². The zero-order valence-corrected chi connectivity index (χ0v) is 17.6. The molecule has 2 N–H and O–H groups in total. The van der Waals surface area contributed by atoms with Crippen LogP contribution in [0.1, 0.15) is 10.5 Å². The van der Waals surface area contributed by atoms with E-state index < -0.39 is 5.97 Å². The maximum absolute atomic E-state index is 11.5. The van der Waals surface area contributed by atoms with Crippen molar-refractivity contribution in [3.63, 3.8) is 0 Å². The van der Waals surface area contributed by atoms with E-state index >= 15 is 0 Å². The molecule has 0 aliphatic rings. The van der Waals surface area contributed by atoms with Gasteiger partial charge in [-0.15, -0.1) is 0 Å². The molecule has 0 saturated carbocycles. The molecule has 2 aromatic rings. The molecule has 29 heavy (non-hydrogen) atoms. The number of aliphatic hydroxyl groups is 1. The highest BCUT2D eigenvalue weighted by atomic mass is 16.5. The number of aliphatic hydroxyl groups excluding tert-OH is 1. The van der Waals surface area contributed by atoms with Gasteiger partial charge in [-0.3, -0.25) is 0 Å². The second kappa shape index (κ2) is 12.7. The fourth-order valence-electron chi connectivity index (χ4n) is 2.18. The highest BCUT2D eigenvalue weighted by Crippen LogP contribution is 2.31. The first-order valence-corrected chi connectivity index (χ1v) is 9.07. The lowest BCUT2D eigenvalue weighted by molar-refractivity contribution is 0.0689. The van der Waals surface area contributed by atoms with Gasteiger partial charge in [0.15, 0.2) is 5.69 Å². The first-order valence-electron chi connectivity index (χ1n) is 9.07. The Labute approximate surface area is 171 Å². The van der Waals surface area contributed by atoms with E-state index in [0.717, 1.165) is 6.54 Å². The van der Waals surface area contributed by atoms with E-state index in [0.29, 0.717) is 30.0 Å². The third-order valence-electron chi connectivity index (χ3n) is 3.68. The number of hydrogen-bond acceptors (Lipinski definition) is 8. The maximum atomic E-state index is 11.5. The summed E-state index contributed by atoms with van der Waals surface area (Å²) in [5, 5.41) is 17.6. The SMILES string of the molecule is CN(C)CCO.COc1ccccc1-c1cnc(OCCN(C)C)nc1C(=O)O. The van der Waals surface area contributed by atoms with Crippen molar-refractivity contribution in [2.75, 3.05) is 61.6 Å². The van der Waals surface area contributed by atoms with Crippen molar-refractivity contribution < 1.29 is 24.5 Å². The van der Waals surface area contributed by atoms with Crippen LogP contribution in [0.15, 0.2) is 30.5 Å². The molecule has 0 spiro atoms. The number of benzene rings is 1. The van der Waals surface area contributed by atoms with Gasteiger partial charge in [-0.05, 0) is 34.3 Å². The van der Waals surface area contributed by atoms with E-state index in [1.54, 1.807) is 18.2 Å². The van der Waals surface area contributed by atoms with Crippen LogP contribution in [0.5, 0.6) is 11.8 Å². The highest BCUT2D eigenvalue weighted by molar-refractivity contribution is 5.94. The van der Waals surface area contributed by atoms with E-state index in [4.69, 9.17) is 14.6 Å². The Morgan fingerprint density at radius 1 is 1.07 bits per heavy atom. The monoisotopic (exact) mass is 406 g/mol. The largest absolute Gasteiger partial charge is 0.496 e. The van der Waals surface area contributed by atoms with E-state index in [9.17, 15) is 9.90 Å². The lowest BCUT2D eigenvalue weighted by Gasteiger charge is -2.12. The second-order valence-electron chi connectivity index (χ2n) is 6.60. The minimum Gasteiger partial charge on any atom is -0.496 e. The smallest absolute Gasteiger partial charge is 0.355 e. The second-order valence-corrected chi connectivity index (χ2v) is 6.60. The molecule has 9 heteroatoms. The molecular formula is C20H30N4O5. The van der Waals surface area contributed by atoms with E-state index in [1.807, 2.05) is 44.1 Å². The first kappa shape index (κ1) is 24.3. The van der Waals surface area contributed by atoms with E-state index in [-0.39, 0.29) is 18.3 Å². The molecular weight excluding hydrogens is 376 g/mol. The quantitative estimate of drug-likeness (QED) is 0.637. The molecule has 0 saturated heterocycles. The first-order chi connectivity index (χ1) is 13.8. The van der Waals surface area contributed by atoms with Crippen LogP contribution in [0.2, 0.25) is 0 Å². The van der Waals surface area contributed by atoms with Crippen molar-refractivity contribution in [1.29, 1.82) is 0 Å². The predicted molar refractivity (Wildman–Crippen MR) is 111 cm³/mol. The summed E-state index contributed by atoms with van der Waals surface area (Å²) < 4.78 is 10.7. The Kier molecular flexibility index (Phi) is 10.6. The van der Waals surface area contributed by atoms with E-state index in [1.165, 1.54) is 13.3 Å². The number of likely N-dealkylation sites (N-methyl/N-ethyl adjacent to an activating group) is 2. The third-order valence-corrected chi connectivity index (χ3v) is 3.68. The van der Waals surface area contributed by atoms with Crippen LogP contribution in [0, 0.1) is 0 Å². The van der Waals surface area contributed by atoms with Crippen LogP contribution >= 0.6 is 0 Å². The topological polar surface area (TPSA) is 108 Å². The minimum absolute atomic E-state index is 0.0443. The van der Waals surface area contributed by atoms with Crippen LogP contribution < -0.4 is 9.47 Å². The molecule has 0 bridgehead atoms. The molecule has 0 aliphatic heterocycles. The van der Waals surface area contributed by atoms with Crippen LogP contribution in [0.4, 0.5) is 0 Å². The summed E-state index contributed by atoms with van der Waals surface area (Å²) >= 11 is 0. The molecule has 9 nitrogen and oxygen atoms in total. The summed E-state index contributed by atoms with van der Waals surface area (Å²) in [4.78, 5) is 23.5. The number of ether oxygens (including phenoxy) is 2. The summed E-state index contributed by atoms with van der Waals surface area (Å²) in [7, 11) is 9.21. The van der Waals surface area contributed by atoms with Gasteiger partial charge in [0, 0.05) is 30.4 Å². The molecule has 0 amide bonds. The standard InChI is InChI=1S/C16H19N3O4.C4H11NO/c1-19(2)8-9-23-16-17-10-12(14(18-16)15(20)21)11-6-4-5-7-13(11)22-3;1-5(2)3-4-6/h4-7,10H,8-9H2,1-3H3,(H,20,21);6H,3-4H2,1-2H3. The number of carboxylic acids is 1. The van der Waals surface area contributed by atoms with Gasteiger partial charge < -0.3 is 29.5 Å². The van der Waals surface area contributed by atoms with Crippen LogP contribution in [0.25, 0.3) is 11.1 Å². The summed E-state index contributed by atoms with van der Waals surface area (Å²) in [6.07, 6.45) is 1.44. The number of rotatable bonds is 9. The van der Waals surface area contributed by atoms with Gasteiger partial charge in [-0.1, -0.05) is 18.2 Å². The number of carboxylic acid groups (broad SMARTS) is 1. The zero-order chi connectivity index (χ0) is 21.8. The zero-order valence-electron chi connectivity index (χ0n) is 17.6. The number of aromatic carboxylic acids is 1. The lowest BCUT2D eigenvalue weighted by atomic mass is 10.0. The highest BCUT2D eigenvalue weighted by Gasteiger charge is 2.18. The summed E-state index contributed by atoms with van der Waals surface area (Å²) in [6, 6.07) is 7.16. The molecule has 1 aromatic heterocycles. The summed E-state index contributed by atoms with van der Waals surface area (Å²) in [5.41, 5.74) is 0.881. The molecule has 0 radical (unpaired) electrons. The lowest BCUT2D eigenvalue weighted by Crippen LogP contribution is -2.20. The molecule has 160 valence electrons. The molecule has 0 aliphatic carbocycles. The van der Waals surface area contributed by atoms with Crippen LogP contribution in [0.3, 0.4) is 0 Å². The summed E-state index contributed by atoms with van der Waals surface area (Å²) in [5.74, 6) is -0.592. The van der Waals surface area contributed by atoms with Gasteiger partial charge in [0.1, 0.15) is 12.4 Å². The number of aromatic nitrogens is 2. The van der Waals surface area contributed by atoms with Crippen molar-refractivity contribution in [3.05, 3.63) is 36.2 Å². The maximum Gasteiger partial charge on any atom is 0.355 e. The number of methoxy groups -OCH3 is 1. The molecule has 2 rings (SSSR count). The fraction of sp³-hybridized carbons (Fsp3) is 0.450. The number of nitrogens with zero attached hydrogens (tertiary/aromatic N) is 4. The molecule has 0 fully saturated rings. The van der Waals surface area contributed by atoms with Crippen molar-refractivity contribution in [3.8, 4) is 22.9 Å². The van der Waals surface area contributed by atoms with Crippen molar-refractivity contribution in [1.82, 2.24) is 19.8 Å². The van der Waals surface area contributed by atoms with Gasteiger partial charge in [-0.2, -0.15) is 4.98 Å². The predicted octanol–water partition coefficient (Wildman–Crippen LogP) is 1.33. The number of carbonyl (C=O) groups is 1. The third kappa shape index (κ3) is 8.43. The van der Waals surface area contributed by atoms with E-state index in [2.05, 4.69) is 9.97 Å². The Hall–Kier alpha value is -2.75. The molecule has 0 unspecified atom stereocenters. The van der Waals surface area contributed by atoms with Gasteiger partial charge in [-0.25, -0.2) is 9.78 Å². The normalized spacial score (nSPS) is 10.5. The Morgan fingerprint density at radius 2 is 1.72 bits per heavy atom. The molecule has 1 heterocycles. The van der Waals surface area contributed by atoms with Crippen molar-refractivity contribution >= 4 is 5.97 Å². The minimum atomic E-state index is -1.15. The number of para-hydroxylation sites is 1. The van der Waals surface area contributed by atoms with Crippen molar-refractivity contribution in [2.24, 2.45) is 0 Å². The fourth-order valence-corrected chi connectivity index (χ4v) is 2.18. The Bertz CT molecular complexity index is 768. The van der Waals surface area contributed by atoms with Gasteiger partial charge in [0.25, 0.3) is 0 Å². The van der Waals surface area contributed by atoms with Gasteiger partial charge >= 0.3 is 12.0 Å². The molecule has 1 aromatic carbocycles. The van der Waals surface area contributed by atoms with Gasteiger partial charge in [0.2, 0.25) is 0 Å². The Balaban J connectivity index is 0.000000612. The average Bonchev–Trinajstić information content (AvgIpc) is 2.68.